The Kier molecular flexibility index (Phi) is 5.51. The maximum atomic E-state index is 12.5. The summed E-state index contributed by atoms with van der Waals surface area (Å²) in [4.78, 5) is 28.5. The van der Waals surface area contributed by atoms with Gasteiger partial charge in [-0.1, -0.05) is 13.8 Å². The molecule has 2 aliphatic heterocycles. The highest BCUT2D eigenvalue weighted by Crippen LogP contribution is 2.46. The maximum Gasteiger partial charge on any atom is 0.412 e. The van der Waals surface area contributed by atoms with Crippen LogP contribution in [0.1, 0.15) is 26.7 Å². The summed E-state index contributed by atoms with van der Waals surface area (Å²) in [6.07, 6.45) is 2.34. The number of fused-ring (bicyclic) bond motifs is 1. The molecule has 25 heavy (non-hydrogen) atoms. The second kappa shape index (κ2) is 7.64. The van der Waals surface area contributed by atoms with Crippen LogP contribution in [-0.2, 0) is 19.0 Å². The Balaban J connectivity index is 1.65. The first-order valence-corrected chi connectivity index (χ1v) is 9.16. The molecule has 2 heterocycles. The van der Waals surface area contributed by atoms with Crippen LogP contribution in [0, 0.1) is 17.8 Å². The molecule has 140 valence electrons. The number of likely N-dealkylation sites (N-methyl/N-ethyl adjacent to an activating group) is 1. The summed E-state index contributed by atoms with van der Waals surface area (Å²) >= 11 is 0. The van der Waals surface area contributed by atoms with Crippen LogP contribution in [0.3, 0.4) is 0 Å². The van der Waals surface area contributed by atoms with Gasteiger partial charge in [-0.15, -0.1) is 0 Å². The van der Waals surface area contributed by atoms with Crippen molar-refractivity contribution in [3.8, 4) is 0 Å². The largest absolute Gasteiger partial charge is 0.466 e. The molecular weight excluding hydrogens is 324 g/mol. The number of rotatable bonds is 3. The van der Waals surface area contributed by atoms with Crippen molar-refractivity contribution in [1.82, 2.24) is 9.80 Å². The van der Waals surface area contributed by atoms with E-state index in [-0.39, 0.29) is 23.9 Å². The second-order valence-electron chi connectivity index (χ2n) is 7.11. The van der Waals surface area contributed by atoms with E-state index in [0.29, 0.717) is 24.6 Å². The van der Waals surface area contributed by atoms with Gasteiger partial charge in [0, 0.05) is 38.0 Å². The topological polar surface area (TPSA) is 68.3 Å². The number of carbonyl (C=O) groups excluding carboxylic acids is 2. The third-order valence-electron chi connectivity index (χ3n) is 5.81. The van der Waals surface area contributed by atoms with Crippen molar-refractivity contribution in [3.63, 3.8) is 0 Å². The summed E-state index contributed by atoms with van der Waals surface area (Å²) in [6, 6.07) is 0. The Bertz CT molecular complexity index is 542. The van der Waals surface area contributed by atoms with Crippen LogP contribution >= 0.6 is 0 Å². The lowest BCUT2D eigenvalue weighted by Crippen LogP contribution is -2.50. The molecule has 0 spiro atoms. The second-order valence-corrected chi connectivity index (χ2v) is 7.11. The fourth-order valence-electron chi connectivity index (χ4n) is 4.21. The first-order valence-electron chi connectivity index (χ1n) is 9.16. The molecule has 0 N–H and O–H groups in total. The normalized spacial score (nSPS) is 32.4. The number of esters is 1. The molecule has 0 bridgehead atoms. The molecule has 3 rings (SSSR count). The SMILES string of the molecule is CCN1CCN(C(=O)OC2OC=C(C(=O)OC)C3CCC(C)C23)CC1. The first kappa shape index (κ1) is 18.0. The zero-order valence-corrected chi connectivity index (χ0v) is 15.3. The van der Waals surface area contributed by atoms with Gasteiger partial charge in [0.05, 0.1) is 18.9 Å². The molecule has 0 aromatic carbocycles. The molecular formula is C18H28N2O5. The van der Waals surface area contributed by atoms with E-state index in [9.17, 15) is 9.59 Å². The van der Waals surface area contributed by atoms with Gasteiger partial charge < -0.3 is 24.0 Å². The third-order valence-corrected chi connectivity index (χ3v) is 5.81. The zero-order valence-electron chi connectivity index (χ0n) is 15.3. The van der Waals surface area contributed by atoms with Gasteiger partial charge >= 0.3 is 12.1 Å². The number of amides is 1. The van der Waals surface area contributed by atoms with Crippen molar-refractivity contribution >= 4 is 12.1 Å². The molecule has 4 unspecified atom stereocenters. The summed E-state index contributed by atoms with van der Waals surface area (Å²) < 4.78 is 16.2. The Labute approximate surface area is 148 Å². The monoisotopic (exact) mass is 352 g/mol. The summed E-state index contributed by atoms with van der Waals surface area (Å²) in [5.41, 5.74) is 0.556. The number of hydrogen-bond donors (Lipinski definition) is 0. The molecule has 0 aromatic heterocycles. The summed E-state index contributed by atoms with van der Waals surface area (Å²) in [7, 11) is 1.37. The molecule has 3 aliphatic rings. The number of hydrogen-bond acceptors (Lipinski definition) is 6. The molecule has 0 aromatic rings. The smallest absolute Gasteiger partial charge is 0.412 e. The molecule has 1 saturated heterocycles. The molecule has 1 amide bonds. The number of ether oxygens (including phenoxy) is 3. The Morgan fingerprint density at radius 3 is 2.60 bits per heavy atom. The molecule has 7 heteroatoms. The van der Waals surface area contributed by atoms with Crippen LogP contribution in [0.15, 0.2) is 11.8 Å². The van der Waals surface area contributed by atoms with Gasteiger partial charge in [-0.3, -0.25) is 0 Å². The molecule has 1 aliphatic carbocycles. The minimum absolute atomic E-state index is 0.0000177. The van der Waals surface area contributed by atoms with E-state index in [0.717, 1.165) is 32.5 Å². The highest BCUT2D eigenvalue weighted by atomic mass is 16.7. The highest BCUT2D eigenvalue weighted by molar-refractivity contribution is 5.89. The van der Waals surface area contributed by atoms with Crippen LogP contribution in [0.25, 0.3) is 0 Å². The maximum absolute atomic E-state index is 12.5. The van der Waals surface area contributed by atoms with E-state index >= 15 is 0 Å². The fourth-order valence-corrected chi connectivity index (χ4v) is 4.21. The lowest BCUT2D eigenvalue weighted by atomic mass is 9.83. The van der Waals surface area contributed by atoms with Crippen LogP contribution in [-0.4, -0.2) is 68.0 Å². The van der Waals surface area contributed by atoms with Gasteiger partial charge in [0.1, 0.15) is 0 Å². The Morgan fingerprint density at radius 1 is 1.24 bits per heavy atom. The van der Waals surface area contributed by atoms with Gasteiger partial charge in [-0.25, -0.2) is 9.59 Å². The molecule has 2 fully saturated rings. The van der Waals surface area contributed by atoms with Crippen molar-refractivity contribution in [2.45, 2.75) is 33.0 Å². The third kappa shape index (κ3) is 3.61. The zero-order chi connectivity index (χ0) is 18.0. The number of carbonyl (C=O) groups is 2. The lowest BCUT2D eigenvalue weighted by Gasteiger charge is -2.37. The van der Waals surface area contributed by atoms with Gasteiger partial charge in [0.2, 0.25) is 6.29 Å². The van der Waals surface area contributed by atoms with Crippen LogP contribution < -0.4 is 0 Å². The fraction of sp³-hybridized carbons (Fsp3) is 0.778. The minimum atomic E-state index is -0.632. The van der Waals surface area contributed by atoms with E-state index in [1.54, 1.807) is 4.90 Å². The van der Waals surface area contributed by atoms with Gasteiger partial charge in [-0.2, -0.15) is 0 Å². The molecule has 1 saturated carbocycles. The summed E-state index contributed by atoms with van der Waals surface area (Å²) in [6.45, 7) is 8.32. The van der Waals surface area contributed by atoms with Gasteiger partial charge in [-0.05, 0) is 25.3 Å². The van der Waals surface area contributed by atoms with E-state index in [1.165, 1.54) is 13.4 Å². The van der Waals surface area contributed by atoms with Crippen molar-refractivity contribution in [2.24, 2.45) is 17.8 Å². The van der Waals surface area contributed by atoms with E-state index in [1.807, 2.05) is 0 Å². The van der Waals surface area contributed by atoms with Crippen molar-refractivity contribution in [3.05, 3.63) is 11.8 Å². The van der Waals surface area contributed by atoms with Crippen LogP contribution in [0.2, 0.25) is 0 Å². The Hall–Kier alpha value is -1.76. The molecule has 7 nitrogen and oxygen atoms in total. The molecule has 0 radical (unpaired) electrons. The molecule has 4 atom stereocenters. The standard InChI is InChI=1S/C18H28N2O5/c1-4-19-7-9-20(10-8-19)18(22)25-17-15-12(2)5-6-13(15)14(11-24-17)16(21)23-3/h11-13,15,17H,4-10H2,1-3H3. The van der Waals surface area contributed by atoms with Crippen molar-refractivity contribution in [2.75, 3.05) is 39.8 Å². The van der Waals surface area contributed by atoms with E-state index in [4.69, 9.17) is 14.2 Å². The average molecular weight is 352 g/mol. The van der Waals surface area contributed by atoms with E-state index in [2.05, 4.69) is 18.7 Å². The lowest BCUT2D eigenvalue weighted by molar-refractivity contribution is -0.147. The van der Waals surface area contributed by atoms with Crippen molar-refractivity contribution in [1.29, 1.82) is 0 Å². The van der Waals surface area contributed by atoms with E-state index < -0.39 is 6.29 Å². The van der Waals surface area contributed by atoms with Crippen molar-refractivity contribution < 1.29 is 23.8 Å². The number of nitrogens with zero attached hydrogens (tertiary/aromatic N) is 2. The summed E-state index contributed by atoms with van der Waals surface area (Å²) in [5.74, 6) is 0.00331. The predicted octanol–water partition coefficient (Wildman–Crippen LogP) is 1.84. The highest BCUT2D eigenvalue weighted by Gasteiger charge is 2.48. The number of methoxy groups -OCH3 is 1. The summed E-state index contributed by atoms with van der Waals surface area (Å²) in [5, 5.41) is 0. The average Bonchev–Trinajstić information content (AvgIpc) is 3.03. The van der Waals surface area contributed by atoms with Crippen LogP contribution in [0.4, 0.5) is 4.79 Å². The number of piperazine rings is 1. The first-order chi connectivity index (χ1) is 12.0. The van der Waals surface area contributed by atoms with Gasteiger partial charge in [0.25, 0.3) is 0 Å². The Morgan fingerprint density at radius 2 is 1.96 bits per heavy atom. The van der Waals surface area contributed by atoms with Gasteiger partial charge in [0.15, 0.2) is 0 Å². The minimum Gasteiger partial charge on any atom is -0.466 e. The quantitative estimate of drug-likeness (QED) is 0.722. The van der Waals surface area contributed by atoms with Crippen LogP contribution in [0.5, 0.6) is 0 Å². The predicted molar refractivity (Wildman–Crippen MR) is 90.5 cm³/mol.